The third kappa shape index (κ3) is 5.94. The zero-order chi connectivity index (χ0) is 24.9. The third-order valence-corrected chi connectivity index (χ3v) is 8.21. The Morgan fingerprint density at radius 2 is 1.43 bits per heavy atom. The van der Waals surface area contributed by atoms with Gasteiger partial charge in [0, 0.05) is 0 Å². The quantitative estimate of drug-likeness (QED) is 0.301. The molecule has 35 heavy (non-hydrogen) atoms. The van der Waals surface area contributed by atoms with Crippen LogP contribution in [0.4, 0.5) is 13.2 Å². The topological polar surface area (TPSA) is 29.5 Å². The van der Waals surface area contributed by atoms with Crippen LogP contribution >= 0.6 is 0 Å². The first kappa shape index (κ1) is 25.8. The van der Waals surface area contributed by atoms with Crippen molar-refractivity contribution in [2.75, 3.05) is 6.61 Å². The Bertz CT molecular complexity index is 1000. The van der Waals surface area contributed by atoms with Gasteiger partial charge < -0.3 is 9.84 Å². The standard InChI is InChI=1S/C30H37F3O2/c1-3-4-17-35-28-16-13-24(18-27(28)31)21-7-11-23(12-8-21)26-15-14-25(29(32)30(26)33)22-9-5-20(6-10-22)19(2)34/h3,13-16,18-23,34H,1,4-12,17H2,2H3. The van der Waals surface area contributed by atoms with Crippen LogP contribution in [-0.2, 0) is 0 Å². The van der Waals surface area contributed by atoms with Crippen molar-refractivity contribution in [3.05, 3.63) is 77.1 Å². The van der Waals surface area contributed by atoms with Crippen LogP contribution < -0.4 is 4.74 Å². The van der Waals surface area contributed by atoms with Crippen molar-refractivity contribution in [1.82, 2.24) is 0 Å². The van der Waals surface area contributed by atoms with E-state index in [2.05, 4.69) is 6.58 Å². The van der Waals surface area contributed by atoms with Crippen LogP contribution in [0.15, 0.2) is 43.0 Å². The molecule has 5 heteroatoms. The maximum atomic E-state index is 15.2. The minimum Gasteiger partial charge on any atom is -0.490 e. The monoisotopic (exact) mass is 486 g/mol. The Labute approximate surface area is 207 Å². The molecule has 2 nitrogen and oxygen atoms in total. The van der Waals surface area contributed by atoms with E-state index in [1.807, 2.05) is 6.07 Å². The molecule has 1 atom stereocenters. The highest BCUT2D eigenvalue weighted by Gasteiger charge is 2.31. The molecule has 2 aliphatic rings. The first-order valence-corrected chi connectivity index (χ1v) is 13.1. The van der Waals surface area contributed by atoms with Gasteiger partial charge in [-0.3, -0.25) is 0 Å². The van der Waals surface area contributed by atoms with Gasteiger partial charge >= 0.3 is 0 Å². The molecule has 2 fully saturated rings. The van der Waals surface area contributed by atoms with Gasteiger partial charge in [0.15, 0.2) is 23.2 Å². The molecule has 4 rings (SSSR count). The summed E-state index contributed by atoms with van der Waals surface area (Å²) in [6.07, 6.45) is 8.42. The van der Waals surface area contributed by atoms with Gasteiger partial charge in [0.1, 0.15) is 0 Å². The van der Waals surface area contributed by atoms with E-state index in [1.165, 1.54) is 0 Å². The lowest BCUT2D eigenvalue weighted by Gasteiger charge is -2.32. The van der Waals surface area contributed by atoms with Crippen LogP contribution in [0.5, 0.6) is 5.75 Å². The van der Waals surface area contributed by atoms with Crippen molar-refractivity contribution in [2.45, 2.75) is 88.6 Å². The van der Waals surface area contributed by atoms with Crippen LogP contribution in [-0.4, -0.2) is 17.8 Å². The second-order valence-electron chi connectivity index (χ2n) is 10.4. The van der Waals surface area contributed by atoms with E-state index in [0.717, 1.165) is 56.9 Å². The molecular weight excluding hydrogens is 449 g/mol. The highest BCUT2D eigenvalue weighted by atomic mass is 19.2. The van der Waals surface area contributed by atoms with Gasteiger partial charge in [-0.1, -0.05) is 24.3 Å². The maximum absolute atomic E-state index is 15.2. The number of rotatable bonds is 8. The number of hydrogen-bond acceptors (Lipinski definition) is 2. The van der Waals surface area contributed by atoms with Crippen molar-refractivity contribution < 1.29 is 23.0 Å². The predicted molar refractivity (Wildman–Crippen MR) is 133 cm³/mol. The number of aliphatic hydroxyl groups is 1. The zero-order valence-corrected chi connectivity index (χ0v) is 20.6. The molecule has 2 aliphatic carbocycles. The minimum atomic E-state index is -0.698. The molecule has 0 amide bonds. The molecule has 0 heterocycles. The molecule has 2 aromatic carbocycles. The molecule has 0 aliphatic heterocycles. The summed E-state index contributed by atoms with van der Waals surface area (Å²) in [5.74, 6) is -1.05. The van der Waals surface area contributed by atoms with Crippen LogP contribution in [0.25, 0.3) is 0 Å². The largest absolute Gasteiger partial charge is 0.490 e. The van der Waals surface area contributed by atoms with Gasteiger partial charge in [0.05, 0.1) is 12.7 Å². The number of halogens is 3. The van der Waals surface area contributed by atoms with Crippen molar-refractivity contribution in [3.63, 3.8) is 0 Å². The van der Waals surface area contributed by atoms with Crippen molar-refractivity contribution in [3.8, 4) is 5.75 Å². The van der Waals surface area contributed by atoms with E-state index in [9.17, 15) is 9.50 Å². The fraction of sp³-hybridized carbons (Fsp3) is 0.533. The normalized spacial score (nSPS) is 25.7. The first-order valence-electron chi connectivity index (χ1n) is 13.1. The average molecular weight is 487 g/mol. The van der Waals surface area contributed by atoms with Crippen LogP contribution in [0, 0.1) is 23.4 Å². The SMILES string of the molecule is C=CCCOc1ccc(C2CCC(c3ccc(C4CCC(C(C)O)CC4)c(F)c3F)CC2)cc1F. The Morgan fingerprint density at radius 3 is 1.94 bits per heavy atom. The number of aliphatic hydroxyl groups excluding tert-OH is 1. The number of ether oxygens (including phenoxy) is 1. The Morgan fingerprint density at radius 1 is 0.886 bits per heavy atom. The second-order valence-corrected chi connectivity index (χ2v) is 10.4. The van der Waals surface area contributed by atoms with Gasteiger partial charge in [-0.15, -0.1) is 6.58 Å². The van der Waals surface area contributed by atoms with Gasteiger partial charge in [-0.2, -0.15) is 0 Å². The maximum Gasteiger partial charge on any atom is 0.165 e. The summed E-state index contributed by atoms with van der Waals surface area (Å²) in [6, 6.07) is 8.72. The predicted octanol–water partition coefficient (Wildman–Crippen LogP) is 8.15. The highest BCUT2D eigenvalue weighted by Crippen LogP contribution is 2.44. The molecule has 0 radical (unpaired) electrons. The fourth-order valence-corrected chi connectivity index (χ4v) is 6.00. The first-order chi connectivity index (χ1) is 16.9. The summed E-state index contributed by atoms with van der Waals surface area (Å²) in [4.78, 5) is 0. The summed E-state index contributed by atoms with van der Waals surface area (Å²) in [5.41, 5.74) is 1.89. The van der Waals surface area contributed by atoms with E-state index < -0.39 is 11.6 Å². The summed E-state index contributed by atoms with van der Waals surface area (Å²) in [6.45, 7) is 5.84. The zero-order valence-electron chi connectivity index (χ0n) is 20.6. The molecule has 1 unspecified atom stereocenters. The van der Waals surface area contributed by atoms with E-state index in [0.29, 0.717) is 24.2 Å². The van der Waals surface area contributed by atoms with Crippen molar-refractivity contribution >= 4 is 0 Å². The summed E-state index contributed by atoms with van der Waals surface area (Å²) in [7, 11) is 0. The molecule has 0 bridgehead atoms. The minimum absolute atomic E-state index is 0.0166. The van der Waals surface area contributed by atoms with E-state index >= 15 is 8.78 Å². The lowest BCUT2D eigenvalue weighted by molar-refractivity contribution is 0.0963. The summed E-state index contributed by atoms with van der Waals surface area (Å²) >= 11 is 0. The Kier molecular flexibility index (Phi) is 8.59. The summed E-state index contributed by atoms with van der Waals surface area (Å²) < 4.78 is 50.2. The lowest BCUT2D eigenvalue weighted by Crippen LogP contribution is -2.23. The third-order valence-electron chi connectivity index (χ3n) is 8.21. The van der Waals surface area contributed by atoms with Crippen LogP contribution in [0.2, 0.25) is 0 Å². The molecule has 2 aromatic rings. The van der Waals surface area contributed by atoms with Crippen molar-refractivity contribution in [1.29, 1.82) is 0 Å². The van der Waals surface area contributed by atoms with Gasteiger partial charge in [-0.25, -0.2) is 13.2 Å². The van der Waals surface area contributed by atoms with E-state index in [1.54, 1.807) is 37.3 Å². The Balaban J connectivity index is 1.37. The number of benzene rings is 2. The molecule has 2 saturated carbocycles. The molecule has 0 spiro atoms. The smallest absolute Gasteiger partial charge is 0.165 e. The fourth-order valence-electron chi connectivity index (χ4n) is 6.00. The van der Waals surface area contributed by atoms with E-state index in [4.69, 9.17) is 4.74 Å². The number of hydrogen-bond donors (Lipinski definition) is 1. The molecular formula is C30H37F3O2. The Hall–Kier alpha value is -2.27. The van der Waals surface area contributed by atoms with Crippen molar-refractivity contribution in [2.24, 2.45) is 5.92 Å². The van der Waals surface area contributed by atoms with Gasteiger partial charge in [0.25, 0.3) is 0 Å². The molecule has 190 valence electrons. The van der Waals surface area contributed by atoms with Crippen LogP contribution in [0.3, 0.4) is 0 Å². The molecule has 1 N–H and O–H groups in total. The van der Waals surface area contributed by atoms with E-state index in [-0.39, 0.29) is 41.3 Å². The molecule has 0 saturated heterocycles. The second kappa shape index (κ2) is 11.6. The lowest BCUT2D eigenvalue weighted by atomic mass is 9.74. The van der Waals surface area contributed by atoms with Gasteiger partial charge in [-0.05, 0) is 117 Å². The molecule has 0 aromatic heterocycles. The van der Waals surface area contributed by atoms with Crippen LogP contribution in [0.1, 0.15) is 99.2 Å². The highest BCUT2D eigenvalue weighted by molar-refractivity contribution is 5.34. The summed E-state index contributed by atoms with van der Waals surface area (Å²) in [5, 5.41) is 9.81. The average Bonchev–Trinajstić information content (AvgIpc) is 2.87. The van der Waals surface area contributed by atoms with Gasteiger partial charge in [0.2, 0.25) is 0 Å².